The van der Waals surface area contributed by atoms with Gasteiger partial charge in [0.15, 0.2) is 0 Å². The Morgan fingerprint density at radius 3 is 1.58 bits per heavy atom. The molecule has 4 aliphatic rings. The van der Waals surface area contributed by atoms with Crippen molar-refractivity contribution >= 4 is 73.5 Å². The van der Waals surface area contributed by atoms with Gasteiger partial charge < -0.3 is 11.5 Å². The van der Waals surface area contributed by atoms with Crippen LogP contribution in [0.5, 0.6) is 0 Å². The van der Waals surface area contributed by atoms with Crippen molar-refractivity contribution in [1.29, 1.82) is 5.26 Å². The van der Waals surface area contributed by atoms with E-state index in [4.69, 9.17) is 64.4 Å². The van der Waals surface area contributed by atoms with Gasteiger partial charge in [0.2, 0.25) is 0 Å². The lowest BCUT2D eigenvalue weighted by atomic mass is 9.69. The van der Waals surface area contributed by atoms with Crippen LogP contribution in [-0.4, -0.2) is 67.0 Å². The van der Waals surface area contributed by atoms with Crippen LogP contribution in [-0.2, 0) is 10.8 Å². The Morgan fingerprint density at radius 2 is 1.22 bits per heavy atom. The van der Waals surface area contributed by atoms with Crippen molar-refractivity contribution in [3.05, 3.63) is 106 Å². The third-order valence-electron chi connectivity index (χ3n) is 9.37. The van der Waals surface area contributed by atoms with Gasteiger partial charge in [-0.1, -0.05) is 85.1 Å². The molecule has 6 atom stereocenters. The van der Waals surface area contributed by atoms with Crippen LogP contribution in [0.4, 0.5) is 0 Å². The Bertz CT molecular complexity index is 1600. The molecule has 0 aliphatic carbocycles. The van der Waals surface area contributed by atoms with Crippen LogP contribution in [0.3, 0.4) is 0 Å². The molecule has 234 valence electrons. The zero-order valence-corrected chi connectivity index (χ0v) is 29.3. The van der Waals surface area contributed by atoms with Crippen molar-refractivity contribution in [3.8, 4) is 6.07 Å². The summed E-state index contributed by atoms with van der Waals surface area (Å²) in [6, 6.07) is 7.01. The molecule has 4 bridgehead atoms. The fourth-order valence-corrected chi connectivity index (χ4v) is 8.45. The average molecular weight is 744 g/mol. The van der Waals surface area contributed by atoms with Gasteiger partial charge in [0, 0.05) is 76.6 Å². The minimum absolute atomic E-state index is 0.205. The van der Waals surface area contributed by atoms with Gasteiger partial charge in [0.1, 0.15) is 6.07 Å². The highest BCUT2D eigenvalue weighted by Crippen LogP contribution is 2.46. The lowest BCUT2D eigenvalue weighted by Crippen LogP contribution is -2.55. The Balaban J connectivity index is 0.000000178. The number of fused-ring (bicyclic) bond motifs is 4. The molecule has 0 saturated carbocycles. The van der Waals surface area contributed by atoms with E-state index in [0.29, 0.717) is 38.7 Å². The molecule has 45 heavy (non-hydrogen) atoms. The fraction of sp³-hybridized carbons (Fsp3) is 0.364. The van der Waals surface area contributed by atoms with E-state index in [0.717, 1.165) is 41.3 Å². The van der Waals surface area contributed by atoms with E-state index in [9.17, 15) is 0 Å². The molecule has 2 saturated heterocycles. The summed E-state index contributed by atoms with van der Waals surface area (Å²) in [5.74, 6) is 0. The van der Waals surface area contributed by atoms with Crippen molar-refractivity contribution in [2.75, 3.05) is 13.1 Å². The van der Waals surface area contributed by atoms with Crippen LogP contribution in [0.25, 0.3) is 0 Å². The molecule has 7 nitrogen and oxygen atoms in total. The van der Waals surface area contributed by atoms with Crippen LogP contribution in [0.15, 0.2) is 88.9 Å². The normalized spacial score (nSPS) is 29.8. The summed E-state index contributed by atoms with van der Waals surface area (Å²) < 4.78 is 0.942. The summed E-state index contributed by atoms with van der Waals surface area (Å²) >= 11 is 26.4. The minimum Gasteiger partial charge on any atom is -0.393 e. The van der Waals surface area contributed by atoms with Crippen molar-refractivity contribution in [3.63, 3.8) is 0 Å². The van der Waals surface area contributed by atoms with Gasteiger partial charge >= 0.3 is 0 Å². The highest BCUT2D eigenvalue weighted by molar-refractivity contribution is 9.10. The number of thiocarbonyl (C=S) groups is 2. The second-order valence-electron chi connectivity index (χ2n) is 12.1. The summed E-state index contributed by atoms with van der Waals surface area (Å²) in [6.45, 7) is 8.95. The van der Waals surface area contributed by atoms with E-state index in [1.165, 1.54) is 0 Å². The number of nitriles is 1. The van der Waals surface area contributed by atoms with Crippen LogP contribution in [0, 0.1) is 11.3 Å². The molecule has 2 aromatic heterocycles. The lowest BCUT2D eigenvalue weighted by molar-refractivity contribution is 0.137. The number of piperidine rings is 2. The summed E-state index contributed by atoms with van der Waals surface area (Å²) in [5, 5.41) is 10.4. The smallest absolute Gasteiger partial charge is 0.101 e. The van der Waals surface area contributed by atoms with Gasteiger partial charge in [0.25, 0.3) is 0 Å². The largest absolute Gasteiger partial charge is 0.393 e. The minimum atomic E-state index is -0.446. The van der Waals surface area contributed by atoms with E-state index in [2.05, 4.69) is 85.3 Å². The van der Waals surface area contributed by atoms with Crippen LogP contribution in [0.1, 0.15) is 42.4 Å². The average Bonchev–Trinajstić information content (AvgIpc) is 3.35. The molecule has 0 amide bonds. The van der Waals surface area contributed by atoms with Crippen LogP contribution in [0.2, 0.25) is 0 Å². The maximum atomic E-state index is 9.14. The van der Waals surface area contributed by atoms with Gasteiger partial charge in [-0.05, 0) is 64.9 Å². The molecular weight excluding hydrogens is 709 g/mol. The zero-order valence-electron chi connectivity index (χ0n) is 24.6. The predicted molar refractivity (Wildman–Crippen MR) is 193 cm³/mol. The van der Waals surface area contributed by atoms with E-state index < -0.39 is 5.41 Å². The molecule has 0 spiro atoms. The first-order chi connectivity index (χ1) is 21.4. The molecule has 6 rings (SSSR count). The van der Waals surface area contributed by atoms with Gasteiger partial charge in [0.05, 0.1) is 26.4 Å². The number of hydrogen-bond donors (Lipinski definition) is 2. The molecule has 2 fully saturated rings. The third-order valence-corrected chi connectivity index (χ3v) is 10.8. The standard InChI is InChI=1S/C17H17ClN4S.C16H17BrClN3S/c1-11(18)10-22-14-2-3-15(22)6-17(5-14,16(20)23)13-4-12(7-19)8-21-9-13;1-10(18)9-21-13-2-3-14(21)6-16(5-13,15(19)22)11-4-12(17)8-20-7-11/h2-4,8-9,14-15H,1,5-6,10H2,(H2,20,23);2-4,7-8,13-14H,1,5-6,9H2,(H2,19,22)/t14-,15+,17?;13-,14+,16?. The number of aromatic nitrogens is 2. The van der Waals surface area contributed by atoms with Crippen molar-refractivity contribution in [1.82, 2.24) is 19.8 Å². The monoisotopic (exact) mass is 741 g/mol. The highest BCUT2D eigenvalue weighted by atomic mass is 79.9. The first kappa shape index (κ1) is 33.9. The molecule has 2 unspecified atom stereocenters. The SMILES string of the molecule is C=C(Cl)CN1[C@@H]2C=C[C@H]1CC(C(N)=S)(c1cncc(Br)c1)C2.C=C(Cl)CN1[C@@H]2C=C[C@H]1CC(C(N)=S)(c1cncc(C#N)c1)C2. The molecule has 2 aromatic rings. The number of nitrogens with zero attached hydrogens (tertiary/aromatic N) is 5. The van der Waals surface area contributed by atoms with Crippen molar-refractivity contribution in [2.45, 2.75) is 60.7 Å². The number of halogens is 3. The van der Waals surface area contributed by atoms with E-state index >= 15 is 0 Å². The maximum absolute atomic E-state index is 9.14. The quantitative estimate of drug-likeness (QED) is 0.243. The molecule has 12 heteroatoms. The number of hydrogen-bond acceptors (Lipinski definition) is 7. The van der Waals surface area contributed by atoms with Gasteiger partial charge in [-0.15, -0.1) is 0 Å². The molecule has 6 heterocycles. The highest BCUT2D eigenvalue weighted by Gasteiger charge is 2.50. The molecule has 0 radical (unpaired) electrons. The first-order valence-electron chi connectivity index (χ1n) is 14.5. The summed E-state index contributed by atoms with van der Waals surface area (Å²) in [6.07, 6.45) is 19.0. The summed E-state index contributed by atoms with van der Waals surface area (Å²) in [4.78, 5) is 14.1. The summed E-state index contributed by atoms with van der Waals surface area (Å²) in [5.41, 5.74) is 14.1. The second kappa shape index (κ2) is 13.7. The van der Waals surface area contributed by atoms with Crippen LogP contribution < -0.4 is 11.5 Å². The molecule has 0 aromatic carbocycles. The predicted octanol–water partition coefficient (Wildman–Crippen LogP) is 6.16. The Labute approximate surface area is 293 Å². The molecule has 4 N–H and O–H groups in total. The van der Waals surface area contributed by atoms with Crippen LogP contribution >= 0.6 is 63.6 Å². The lowest BCUT2D eigenvalue weighted by Gasteiger charge is -2.46. The van der Waals surface area contributed by atoms with Gasteiger partial charge in [-0.2, -0.15) is 5.26 Å². The number of rotatable bonds is 8. The van der Waals surface area contributed by atoms with Gasteiger partial charge in [-0.3, -0.25) is 19.8 Å². The second-order valence-corrected chi connectivity index (χ2v) is 15.0. The topological polar surface area (TPSA) is 108 Å². The van der Waals surface area contributed by atoms with Crippen molar-refractivity contribution < 1.29 is 0 Å². The first-order valence-corrected chi connectivity index (χ1v) is 16.9. The molecular formula is C33H34BrCl2N7S2. The van der Waals surface area contributed by atoms with E-state index in [1.54, 1.807) is 18.6 Å². The van der Waals surface area contributed by atoms with Crippen molar-refractivity contribution in [2.24, 2.45) is 11.5 Å². The maximum Gasteiger partial charge on any atom is 0.101 e. The number of nitrogens with two attached hydrogens (primary N) is 2. The molecule has 4 aliphatic heterocycles. The summed E-state index contributed by atoms with van der Waals surface area (Å²) in [7, 11) is 0. The Morgan fingerprint density at radius 1 is 0.822 bits per heavy atom. The fourth-order valence-electron chi connectivity index (χ4n) is 7.24. The zero-order chi connectivity index (χ0) is 32.5. The number of pyridine rings is 2. The Kier molecular flexibility index (Phi) is 10.3. The third kappa shape index (κ3) is 6.82. The Hall–Kier alpha value is -2.49. The van der Waals surface area contributed by atoms with Gasteiger partial charge in [-0.25, -0.2) is 0 Å². The van der Waals surface area contributed by atoms with E-state index in [1.807, 2.05) is 12.3 Å². The van der Waals surface area contributed by atoms with E-state index in [-0.39, 0.29) is 29.6 Å².